The number of carbonyl (C=O) groups excluding carboxylic acids is 1. The van der Waals surface area contributed by atoms with Crippen LogP contribution < -0.4 is 34.3 Å². The molecule has 0 radical (unpaired) electrons. The predicted octanol–water partition coefficient (Wildman–Crippen LogP) is 4.23. The molecule has 0 aliphatic heterocycles. The lowest BCUT2D eigenvalue weighted by Crippen LogP contribution is -2.17. The maximum absolute atomic E-state index is 13.4. The van der Waals surface area contributed by atoms with Crippen molar-refractivity contribution in [1.29, 1.82) is 0 Å². The van der Waals surface area contributed by atoms with Crippen LogP contribution in [0.25, 0.3) is 0 Å². The van der Waals surface area contributed by atoms with Crippen molar-refractivity contribution in [2.45, 2.75) is 13.1 Å². The average molecular weight is 534 g/mol. The monoisotopic (exact) mass is 533 g/mol. The van der Waals surface area contributed by atoms with Crippen LogP contribution in [0.15, 0.2) is 60.7 Å². The summed E-state index contributed by atoms with van der Waals surface area (Å²) in [6.45, 7) is 0.764. The van der Waals surface area contributed by atoms with E-state index in [9.17, 15) is 4.79 Å². The van der Waals surface area contributed by atoms with E-state index in [1.807, 2.05) is 36.4 Å². The Kier molecular flexibility index (Phi) is 8.72. The number of ether oxygens (including phenoxy) is 5. The first-order valence-electron chi connectivity index (χ1n) is 12.0. The minimum Gasteiger partial charge on any atom is -0.497 e. The minimum absolute atomic E-state index is 0.278. The van der Waals surface area contributed by atoms with E-state index in [1.165, 1.54) is 4.68 Å². The molecule has 0 bridgehead atoms. The van der Waals surface area contributed by atoms with E-state index in [-0.39, 0.29) is 17.8 Å². The van der Waals surface area contributed by atoms with Gasteiger partial charge in [0.2, 0.25) is 11.9 Å². The molecule has 39 heavy (non-hydrogen) atoms. The van der Waals surface area contributed by atoms with Crippen LogP contribution in [0.3, 0.4) is 0 Å². The molecule has 0 unspecified atom stereocenters. The van der Waals surface area contributed by atoms with Crippen LogP contribution in [-0.2, 0) is 13.1 Å². The topological polar surface area (TPSA) is 118 Å². The highest BCUT2D eigenvalue weighted by Gasteiger charge is 2.19. The lowest BCUT2D eigenvalue weighted by molar-refractivity contribution is 0.0947. The smallest absolute Gasteiger partial charge is 0.281 e. The van der Waals surface area contributed by atoms with E-state index in [0.717, 1.165) is 11.1 Å². The summed E-state index contributed by atoms with van der Waals surface area (Å²) >= 11 is 0. The molecule has 0 fully saturated rings. The second-order valence-electron chi connectivity index (χ2n) is 8.29. The molecule has 0 saturated heterocycles. The fraction of sp³-hybridized carbons (Fsp3) is 0.250. The number of anilines is 2. The van der Waals surface area contributed by atoms with Crippen LogP contribution in [0.1, 0.15) is 21.5 Å². The molecule has 4 rings (SSSR count). The number of nitrogens with one attached hydrogen (secondary N) is 2. The van der Waals surface area contributed by atoms with E-state index in [4.69, 9.17) is 23.7 Å². The van der Waals surface area contributed by atoms with Gasteiger partial charge in [-0.05, 0) is 59.7 Å². The summed E-state index contributed by atoms with van der Waals surface area (Å²) < 4.78 is 27.8. The summed E-state index contributed by atoms with van der Waals surface area (Å²) in [6, 6.07) is 18.0. The van der Waals surface area contributed by atoms with Gasteiger partial charge in [-0.1, -0.05) is 12.1 Å². The number of hydrogen-bond acceptors (Lipinski definition) is 10. The molecule has 11 heteroatoms. The Labute approximate surface area is 226 Å². The van der Waals surface area contributed by atoms with Gasteiger partial charge in [-0.3, -0.25) is 4.79 Å². The van der Waals surface area contributed by atoms with E-state index >= 15 is 0 Å². The number of rotatable bonds is 12. The molecule has 3 aromatic carbocycles. The van der Waals surface area contributed by atoms with Gasteiger partial charge in [0.05, 0.1) is 35.5 Å². The number of benzene rings is 3. The molecule has 0 atom stereocenters. The SMILES string of the molecule is COc1ccc(C(=O)n2nc(NCc3ccc(OC)c(OC)c3)nc2NCc2ccc(OC)c(OC)c2)cc1. The van der Waals surface area contributed by atoms with Gasteiger partial charge in [-0.2, -0.15) is 9.67 Å². The van der Waals surface area contributed by atoms with Crippen LogP contribution in [0.5, 0.6) is 28.7 Å². The Balaban J connectivity index is 1.58. The third-order valence-corrected chi connectivity index (χ3v) is 5.93. The maximum atomic E-state index is 13.4. The van der Waals surface area contributed by atoms with Gasteiger partial charge in [0.15, 0.2) is 23.0 Å². The molecule has 1 heterocycles. The Morgan fingerprint density at radius 3 is 1.74 bits per heavy atom. The van der Waals surface area contributed by atoms with Gasteiger partial charge < -0.3 is 34.3 Å². The number of nitrogens with zero attached hydrogens (tertiary/aromatic N) is 3. The van der Waals surface area contributed by atoms with E-state index in [2.05, 4.69) is 20.7 Å². The van der Waals surface area contributed by atoms with Crippen molar-refractivity contribution >= 4 is 17.8 Å². The molecule has 0 aliphatic rings. The van der Waals surface area contributed by atoms with Gasteiger partial charge in [0.1, 0.15) is 5.75 Å². The molecule has 4 aromatic rings. The summed E-state index contributed by atoms with van der Waals surface area (Å²) in [5.74, 6) is 3.33. The van der Waals surface area contributed by atoms with Crippen LogP contribution >= 0.6 is 0 Å². The lowest BCUT2D eigenvalue weighted by Gasteiger charge is -2.11. The second-order valence-corrected chi connectivity index (χ2v) is 8.29. The molecular weight excluding hydrogens is 502 g/mol. The molecule has 1 aromatic heterocycles. The fourth-order valence-corrected chi connectivity index (χ4v) is 3.84. The predicted molar refractivity (Wildman–Crippen MR) is 146 cm³/mol. The van der Waals surface area contributed by atoms with Crippen LogP contribution in [0, 0.1) is 0 Å². The Morgan fingerprint density at radius 1 is 0.692 bits per heavy atom. The molecule has 2 N–H and O–H groups in total. The van der Waals surface area contributed by atoms with Crippen molar-refractivity contribution in [3.8, 4) is 28.7 Å². The van der Waals surface area contributed by atoms with Gasteiger partial charge in [0.25, 0.3) is 5.91 Å². The van der Waals surface area contributed by atoms with Crippen molar-refractivity contribution < 1.29 is 28.5 Å². The highest BCUT2D eigenvalue weighted by molar-refractivity contribution is 5.97. The Morgan fingerprint density at radius 2 is 1.23 bits per heavy atom. The van der Waals surface area contributed by atoms with Crippen LogP contribution in [0.4, 0.5) is 11.9 Å². The first kappa shape index (κ1) is 27.1. The van der Waals surface area contributed by atoms with Crippen molar-refractivity contribution in [2.24, 2.45) is 0 Å². The van der Waals surface area contributed by atoms with Crippen molar-refractivity contribution in [3.05, 3.63) is 77.4 Å². The highest BCUT2D eigenvalue weighted by Crippen LogP contribution is 2.29. The van der Waals surface area contributed by atoms with E-state index in [0.29, 0.717) is 47.4 Å². The van der Waals surface area contributed by atoms with Crippen LogP contribution in [0.2, 0.25) is 0 Å². The van der Waals surface area contributed by atoms with Crippen molar-refractivity contribution in [2.75, 3.05) is 46.2 Å². The van der Waals surface area contributed by atoms with E-state index in [1.54, 1.807) is 59.8 Å². The second kappa shape index (κ2) is 12.5. The molecule has 204 valence electrons. The van der Waals surface area contributed by atoms with Crippen LogP contribution in [-0.4, -0.2) is 56.2 Å². The van der Waals surface area contributed by atoms with Crippen molar-refractivity contribution in [1.82, 2.24) is 14.8 Å². The molecule has 0 spiro atoms. The zero-order valence-electron chi connectivity index (χ0n) is 22.5. The first-order chi connectivity index (χ1) is 19.0. The molecule has 0 saturated carbocycles. The summed E-state index contributed by atoms with van der Waals surface area (Å²) in [5, 5.41) is 10.8. The quantitative estimate of drug-likeness (QED) is 0.274. The molecule has 11 nitrogen and oxygen atoms in total. The molecular formula is C28H31N5O6. The van der Waals surface area contributed by atoms with E-state index < -0.39 is 0 Å². The first-order valence-corrected chi connectivity index (χ1v) is 12.0. The summed E-state index contributed by atoms with van der Waals surface area (Å²) in [6.07, 6.45) is 0. The summed E-state index contributed by atoms with van der Waals surface area (Å²) in [5.41, 5.74) is 2.26. The number of methoxy groups -OCH3 is 5. The lowest BCUT2D eigenvalue weighted by atomic mass is 10.2. The molecule has 0 amide bonds. The third kappa shape index (κ3) is 6.32. The van der Waals surface area contributed by atoms with Crippen molar-refractivity contribution in [3.63, 3.8) is 0 Å². The maximum Gasteiger partial charge on any atom is 0.281 e. The van der Waals surface area contributed by atoms with Gasteiger partial charge in [0, 0.05) is 18.7 Å². The number of hydrogen-bond donors (Lipinski definition) is 2. The third-order valence-electron chi connectivity index (χ3n) is 5.93. The number of aromatic nitrogens is 3. The zero-order chi connectivity index (χ0) is 27.8. The van der Waals surface area contributed by atoms with Gasteiger partial charge >= 0.3 is 0 Å². The zero-order valence-corrected chi connectivity index (χ0v) is 22.5. The average Bonchev–Trinajstić information content (AvgIpc) is 3.41. The summed E-state index contributed by atoms with van der Waals surface area (Å²) in [7, 11) is 7.90. The summed E-state index contributed by atoms with van der Waals surface area (Å²) in [4.78, 5) is 17.9. The Bertz CT molecular complexity index is 1420. The highest BCUT2D eigenvalue weighted by atomic mass is 16.5. The standard InChI is InChI=1S/C28H31N5O6/c1-35-21-10-8-20(9-11-21)26(34)33-28(30-17-19-7-13-23(37-3)25(15-19)39-5)31-27(32-33)29-16-18-6-12-22(36-2)24(14-18)38-4/h6-15H,16-17H2,1-5H3,(H2,29,30,31,32). The number of carbonyl (C=O) groups is 1. The fourth-order valence-electron chi connectivity index (χ4n) is 3.84. The van der Waals surface area contributed by atoms with Gasteiger partial charge in [-0.15, -0.1) is 5.10 Å². The van der Waals surface area contributed by atoms with Gasteiger partial charge in [-0.25, -0.2) is 0 Å². The normalized spacial score (nSPS) is 10.5. The minimum atomic E-state index is -0.348. The largest absolute Gasteiger partial charge is 0.497 e. The Hall–Kier alpha value is -4.93. The molecule has 0 aliphatic carbocycles.